The number of hydrogen-bond acceptors (Lipinski definition) is 19. The molecule has 22 heteroatoms. The summed E-state index contributed by atoms with van der Waals surface area (Å²) in [7, 11) is 0. The Bertz CT molecular complexity index is 1440. The van der Waals surface area contributed by atoms with Gasteiger partial charge in [-0.05, 0) is 26.2 Å². The molecule has 2 rings (SSSR count). The molecule has 0 bridgehead atoms. The summed E-state index contributed by atoms with van der Waals surface area (Å²) in [6.07, 6.45) is -7.93. The van der Waals surface area contributed by atoms with E-state index < -0.39 is 122 Å². The van der Waals surface area contributed by atoms with E-state index in [2.05, 4.69) is 16.0 Å². The first-order valence-corrected chi connectivity index (χ1v) is 18.7. The van der Waals surface area contributed by atoms with Crippen molar-refractivity contribution < 1.29 is 90.5 Å². The Hall–Kier alpha value is -4.93. The molecule has 0 spiro atoms. The molecule has 0 aliphatic carbocycles. The van der Waals surface area contributed by atoms with Crippen molar-refractivity contribution in [3.63, 3.8) is 0 Å². The molecule has 2 fully saturated rings. The van der Waals surface area contributed by atoms with Gasteiger partial charge in [0.2, 0.25) is 17.7 Å². The van der Waals surface area contributed by atoms with Crippen LogP contribution in [0, 0.1) is 0 Å². The Morgan fingerprint density at radius 1 is 0.586 bits per heavy atom. The van der Waals surface area contributed by atoms with Gasteiger partial charge in [0, 0.05) is 67.5 Å². The molecule has 2 heterocycles. The Labute approximate surface area is 335 Å². The first-order valence-electron chi connectivity index (χ1n) is 18.7. The van der Waals surface area contributed by atoms with E-state index >= 15 is 0 Å². The third kappa shape index (κ3) is 19.0. The molecule has 0 saturated carbocycles. The van der Waals surface area contributed by atoms with Gasteiger partial charge in [0.1, 0.15) is 56.9 Å². The summed E-state index contributed by atoms with van der Waals surface area (Å²) in [6.45, 7) is 7.39. The Morgan fingerprint density at radius 3 is 1.45 bits per heavy atom. The van der Waals surface area contributed by atoms with Gasteiger partial charge in [-0.1, -0.05) is 0 Å². The molecule has 2 aliphatic rings. The topological polar surface area (TPSA) is 282 Å². The zero-order valence-electron chi connectivity index (χ0n) is 33.7. The standard InChI is InChI=1S/C36H55N3O19/c1-8-37-36(48)25(39-31(47)18-52-33-14-27(54-22(5)43)35(56-24(7)45)29(58-33)16-50-20(3)41)11-9-10-12-38-30(46)17-51-32-13-26(53-21(4)42)34(55-23(6)44)28(57-32)15-49-19(2)40/h25-29,32-35H,8-18H2,1-7H3,(H,37,48)(H,38,46)(H,39,47)/t25-,26+,27+,28+,29+,32+,33+,34+,35+/m0/s1. The number of amides is 3. The molecular formula is C36H55N3O19. The van der Waals surface area contributed by atoms with Crippen LogP contribution in [0.4, 0.5) is 0 Å². The number of carbonyl (C=O) groups is 9. The van der Waals surface area contributed by atoms with E-state index in [1.807, 2.05) is 0 Å². The number of ether oxygens (including phenoxy) is 10. The maximum Gasteiger partial charge on any atom is 0.303 e. The molecule has 22 nitrogen and oxygen atoms in total. The van der Waals surface area contributed by atoms with E-state index in [9.17, 15) is 43.2 Å². The highest BCUT2D eigenvalue weighted by Gasteiger charge is 2.45. The van der Waals surface area contributed by atoms with Crippen molar-refractivity contribution in [2.75, 3.05) is 39.5 Å². The summed E-state index contributed by atoms with van der Waals surface area (Å²) < 4.78 is 54.0. The minimum Gasteiger partial charge on any atom is -0.463 e. The third-order valence-corrected chi connectivity index (χ3v) is 8.15. The van der Waals surface area contributed by atoms with Crippen LogP contribution < -0.4 is 16.0 Å². The van der Waals surface area contributed by atoms with Gasteiger partial charge >= 0.3 is 35.8 Å². The van der Waals surface area contributed by atoms with Crippen LogP contribution in [0.5, 0.6) is 0 Å². The first kappa shape index (κ1) is 49.2. The number of rotatable bonds is 22. The Kier molecular flexibility index (Phi) is 21.6. The highest BCUT2D eigenvalue weighted by Crippen LogP contribution is 2.28. The quantitative estimate of drug-likeness (QED) is 0.0671. The summed E-state index contributed by atoms with van der Waals surface area (Å²) in [6, 6.07) is -0.967. The Balaban J connectivity index is 1.90. The lowest BCUT2D eigenvalue weighted by Crippen LogP contribution is -2.54. The fraction of sp³-hybridized carbons (Fsp3) is 0.750. The van der Waals surface area contributed by atoms with Gasteiger partial charge in [-0.15, -0.1) is 0 Å². The van der Waals surface area contributed by atoms with Gasteiger partial charge in [0.25, 0.3) is 0 Å². The molecular weight excluding hydrogens is 778 g/mol. The normalized spacial score (nSPS) is 24.5. The van der Waals surface area contributed by atoms with Crippen LogP contribution in [-0.4, -0.2) is 148 Å². The molecule has 9 atom stereocenters. The van der Waals surface area contributed by atoms with Crippen LogP contribution in [0.3, 0.4) is 0 Å². The smallest absolute Gasteiger partial charge is 0.303 e. The summed E-state index contributed by atoms with van der Waals surface area (Å²) in [5.41, 5.74) is 0. The third-order valence-electron chi connectivity index (χ3n) is 8.15. The number of likely N-dealkylation sites (N-methyl/N-ethyl adjacent to an activating group) is 1. The van der Waals surface area contributed by atoms with Crippen molar-refractivity contribution in [2.45, 2.75) is 136 Å². The van der Waals surface area contributed by atoms with Crippen molar-refractivity contribution in [3.8, 4) is 0 Å². The van der Waals surface area contributed by atoms with Gasteiger partial charge in [0.15, 0.2) is 24.8 Å². The number of carbonyl (C=O) groups excluding carboxylic acids is 9. The van der Waals surface area contributed by atoms with E-state index in [0.717, 1.165) is 20.8 Å². The molecule has 3 N–H and O–H groups in total. The van der Waals surface area contributed by atoms with Crippen LogP contribution in [0.2, 0.25) is 0 Å². The fourth-order valence-corrected chi connectivity index (χ4v) is 5.90. The monoisotopic (exact) mass is 833 g/mol. The molecule has 0 aromatic carbocycles. The number of unbranched alkanes of at least 4 members (excludes halogenated alkanes) is 1. The average molecular weight is 834 g/mol. The predicted octanol–water partition coefficient (Wildman–Crippen LogP) is -0.990. The second kappa shape index (κ2) is 25.4. The van der Waals surface area contributed by atoms with Crippen molar-refractivity contribution >= 4 is 53.5 Å². The lowest BCUT2D eigenvalue weighted by molar-refractivity contribution is -0.264. The van der Waals surface area contributed by atoms with E-state index in [4.69, 9.17) is 47.4 Å². The number of nitrogens with one attached hydrogen (secondary N) is 3. The zero-order valence-corrected chi connectivity index (χ0v) is 33.7. The molecule has 0 radical (unpaired) electrons. The van der Waals surface area contributed by atoms with Crippen molar-refractivity contribution in [3.05, 3.63) is 0 Å². The molecule has 58 heavy (non-hydrogen) atoms. The number of esters is 6. The van der Waals surface area contributed by atoms with Gasteiger partial charge in [-0.2, -0.15) is 0 Å². The van der Waals surface area contributed by atoms with Crippen LogP contribution in [-0.2, 0) is 90.5 Å². The highest BCUT2D eigenvalue weighted by molar-refractivity contribution is 5.88. The van der Waals surface area contributed by atoms with E-state index in [0.29, 0.717) is 19.4 Å². The Morgan fingerprint density at radius 2 is 1.03 bits per heavy atom. The highest BCUT2D eigenvalue weighted by atomic mass is 16.7. The van der Waals surface area contributed by atoms with Gasteiger partial charge in [0.05, 0.1) is 0 Å². The van der Waals surface area contributed by atoms with Gasteiger partial charge in [-0.3, -0.25) is 43.2 Å². The van der Waals surface area contributed by atoms with Crippen LogP contribution in [0.25, 0.3) is 0 Å². The van der Waals surface area contributed by atoms with Crippen LogP contribution in [0.15, 0.2) is 0 Å². The summed E-state index contributed by atoms with van der Waals surface area (Å²) in [5, 5.41) is 7.94. The van der Waals surface area contributed by atoms with Crippen molar-refractivity contribution in [2.24, 2.45) is 0 Å². The molecule has 328 valence electrons. The molecule has 3 amide bonds. The minimum absolute atomic E-state index is 0.0883. The lowest BCUT2D eigenvalue weighted by atomic mass is 10.0. The van der Waals surface area contributed by atoms with E-state index in [-0.39, 0.29) is 39.0 Å². The molecule has 0 aromatic heterocycles. The largest absolute Gasteiger partial charge is 0.463 e. The molecule has 2 aliphatic heterocycles. The first-order chi connectivity index (χ1) is 27.4. The van der Waals surface area contributed by atoms with E-state index in [1.54, 1.807) is 6.92 Å². The lowest BCUT2D eigenvalue weighted by Gasteiger charge is -2.39. The summed E-state index contributed by atoms with van der Waals surface area (Å²) in [4.78, 5) is 108. The average Bonchev–Trinajstić information content (AvgIpc) is 3.12. The zero-order chi connectivity index (χ0) is 43.4. The number of hydrogen-bond donors (Lipinski definition) is 3. The predicted molar refractivity (Wildman–Crippen MR) is 191 cm³/mol. The van der Waals surface area contributed by atoms with Gasteiger partial charge < -0.3 is 63.3 Å². The maximum absolute atomic E-state index is 12.9. The van der Waals surface area contributed by atoms with Crippen LogP contribution >= 0.6 is 0 Å². The van der Waals surface area contributed by atoms with Gasteiger partial charge in [-0.25, -0.2) is 0 Å². The molecule has 0 unspecified atom stereocenters. The second-order valence-corrected chi connectivity index (χ2v) is 13.2. The molecule has 2 saturated heterocycles. The van der Waals surface area contributed by atoms with Crippen molar-refractivity contribution in [1.82, 2.24) is 16.0 Å². The fourth-order valence-electron chi connectivity index (χ4n) is 5.90. The summed E-state index contributed by atoms with van der Waals surface area (Å²) >= 11 is 0. The molecule has 0 aromatic rings. The second-order valence-electron chi connectivity index (χ2n) is 13.2. The van der Waals surface area contributed by atoms with Crippen LogP contribution in [0.1, 0.15) is 80.6 Å². The van der Waals surface area contributed by atoms with Crippen molar-refractivity contribution in [1.29, 1.82) is 0 Å². The SMILES string of the molecule is CCNC(=O)[C@H](CCCCNC(=O)CO[C@H]1C[C@@H](OC(C)=O)[C@@H](OC(C)=O)[C@@H](COC(C)=O)O1)NC(=O)CO[C@H]1C[C@@H](OC(C)=O)[C@@H](OC(C)=O)[C@@H](COC(C)=O)O1. The minimum atomic E-state index is -1.15. The summed E-state index contributed by atoms with van der Waals surface area (Å²) in [5.74, 6) is -5.65. The maximum atomic E-state index is 12.9. The van der Waals surface area contributed by atoms with E-state index in [1.165, 1.54) is 20.8 Å².